The molecule has 0 aliphatic heterocycles. The lowest BCUT2D eigenvalue weighted by Gasteiger charge is -2.06. The number of hydrogen-bond acceptors (Lipinski definition) is 5. The molecule has 0 spiro atoms. The molecule has 16 heavy (non-hydrogen) atoms. The number of H-pyrrole nitrogens is 1. The topological polar surface area (TPSA) is 79.6 Å². The molecular formula is C8H7Cl2N5S. The number of nitrogens with zero attached hydrogens (tertiary/aromatic N) is 2. The molecule has 2 rings (SSSR count). The van der Waals surface area contributed by atoms with E-state index in [2.05, 4.69) is 20.4 Å². The van der Waals surface area contributed by atoms with Crippen molar-refractivity contribution in [2.45, 2.75) is 10.2 Å². The monoisotopic (exact) mass is 275 g/mol. The Balaban J connectivity index is 2.33. The van der Waals surface area contributed by atoms with Gasteiger partial charge in [-0.2, -0.15) is 0 Å². The summed E-state index contributed by atoms with van der Waals surface area (Å²) in [6.45, 7) is 0. The Bertz CT molecular complexity index is 487. The standard InChI is InChI=1S/C8H7Cl2N5S/c9-4-3-5(10)7(14-6(4)15-11)16-8-12-1-2-13-8/h1-3H,11H2,(H,12,13)(H,14,15). The van der Waals surface area contributed by atoms with Crippen molar-refractivity contribution in [3.63, 3.8) is 0 Å². The van der Waals surface area contributed by atoms with Crippen LogP contribution >= 0.6 is 35.0 Å². The molecule has 0 fully saturated rings. The number of pyridine rings is 1. The van der Waals surface area contributed by atoms with E-state index in [1.165, 1.54) is 11.8 Å². The van der Waals surface area contributed by atoms with Gasteiger partial charge in [0, 0.05) is 12.4 Å². The Morgan fingerprint density at radius 1 is 1.38 bits per heavy atom. The Hall–Kier alpha value is -0.950. The quantitative estimate of drug-likeness (QED) is 0.593. The molecule has 2 heterocycles. The molecule has 2 aromatic rings. The van der Waals surface area contributed by atoms with E-state index in [1.807, 2.05) is 0 Å². The third-order valence-electron chi connectivity index (χ3n) is 1.70. The number of rotatable bonds is 3. The molecule has 4 N–H and O–H groups in total. The van der Waals surface area contributed by atoms with Crippen molar-refractivity contribution in [1.82, 2.24) is 15.0 Å². The smallest absolute Gasteiger partial charge is 0.171 e. The summed E-state index contributed by atoms with van der Waals surface area (Å²) in [7, 11) is 0. The summed E-state index contributed by atoms with van der Waals surface area (Å²) in [4.78, 5) is 11.2. The maximum Gasteiger partial charge on any atom is 0.171 e. The van der Waals surface area contributed by atoms with Crippen LogP contribution in [-0.4, -0.2) is 15.0 Å². The third kappa shape index (κ3) is 2.41. The van der Waals surface area contributed by atoms with Crippen LogP contribution in [0.5, 0.6) is 0 Å². The number of nitrogens with one attached hydrogen (secondary N) is 2. The fourth-order valence-electron chi connectivity index (χ4n) is 1.02. The summed E-state index contributed by atoms with van der Waals surface area (Å²) in [5.74, 6) is 5.65. The summed E-state index contributed by atoms with van der Waals surface area (Å²) in [6, 6.07) is 1.58. The predicted octanol–water partition coefficient (Wildman–Crippen LogP) is 2.55. The second kappa shape index (κ2) is 4.92. The van der Waals surface area contributed by atoms with Crippen molar-refractivity contribution in [2.24, 2.45) is 5.84 Å². The minimum atomic E-state index is 0.372. The van der Waals surface area contributed by atoms with E-state index < -0.39 is 0 Å². The number of anilines is 1. The van der Waals surface area contributed by atoms with Crippen LogP contribution in [0.15, 0.2) is 28.6 Å². The van der Waals surface area contributed by atoms with Gasteiger partial charge in [0.15, 0.2) is 11.0 Å². The first-order valence-electron chi connectivity index (χ1n) is 4.20. The summed E-state index contributed by atoms with van der Waals surface area (Å²) in [6.07, 6.45) is 3.36. The van der Waals surface area contributed by atoms with Crippen LogP contribution < -0.4 is 11.3 Å². The van der Waals surface area contributed by atoms with Crippen LogP contribution in [0.4, 0.5) is 5.82 Å². The molecule has 5 nitrogen and oxygen atoms in total. The lowest BCUT2D eigenvalue weighted by Crippen LogP contribution is -2.09. The Labute approximate surface area is 106 Å². The van der Waals surface area contributed by atoms with Gasteiger partial charge in [-0.15, -0.1) is 0 Å². The fraction of sp³-hybridized carbons (Fsp3) is 0. The van der Waals surface area contributed by atoms with Crippen molar-refractivity contribution in [1.29, 1.82) is 0 Å². The number of hydrogen-bond donors (Lipinski definition) is 3. The van der Waals surface area contributed by atoms with Crippen LogP contribution in [0.2, 0.25) is 10.0 Å². The Morgan fingerprint density at radius 3 is 2.81 bits per heavy atom. The molecule has 0 bridgehead atoms. The van der Waals surface area contributed by atoms with Crippen molar-refractivity contribution >= 4 is 40.8 Å². The lowest BCUT2D eigenvalue weighted by atomic mass is 10.4. The van der Waals surface area contributed by atoms with Gasteiger partial charge in [0.05, 0.1) is 10.0 Å². The number of nitrogens with two attached hydrogens (primary N) is 1. The third-order valence-corrected chi connectivity index (χ3v) is 3.31. The van der Waals surface area contributed by atoms with Gasteiger partial charge in [-0.1, -0.05) is 23.2 Å². The SMILES string of the molecule is NNc1nc(Sc2ncc[nH]2)c(Cl)cc1Cl. The van der Waals surface area contributed by atoms with Crippen LogP contribution in [0, 0.1) is 0 Å². The zero-order chi connectivity index (χ0) is 11.5. The van der Waals surface area contributed by atoms with Crippen molar-refractivity contribution < 1.29 is 0 Å². The van der Waals surface area contributed by atoms with E-state index >= 15 is 0 Å². The van der Waals surface area contributed by atoms with Gasteiger partial charge in [-0.05, 0) is 17.8 Å². The molecule has 2 aromatic heterocycles. The summed E-state index contributed by atoms with van der Waals surface area (Å²) >= 11 is 13.2. The summed E-state index contributed by atoms with van der Waals surface area (Å²) < 4.78 is 0. The van der Waals surface area contributed by atoms with Crippen LogP contribution in [0.3, 0.4) is 0 Å². The number of imidazole rings is 1. The fourth-order valence-corrected chi connectivity index (χ4v) is 2.27. The molecule has 0 radical (unpaired) electrons. The van der Waals surface area contributed by atoms with Crippen LogP contribution in [0.25, 0.3) is 0 Å². The Morgan fingerprint density at radius 2 is 2.19 bits per heavy atom. The molecule has 8 heteroatoms. The number of halogens is 2. The highest BCUT2D eigenvalue weighted by Gasteiger charge is 2.10. The number of aromatic nitrogens is 3. The van der Waals surface area contributed by atoms with Gasteiger partial charge < -0.3 is 10.4 Å². The molecule has 0 atom stereocenters. The van der Waals surface area contributed by atoms with Crippen molar-refractivity contribution in [3.05, 3.63) is 28.5 Å². The first kappa shape index (κ1) is 11.5. The zero-order valence-electron chi connectivity index (χ0n) is 7.87. The van der Waals surface area contributed by atoms with E-state index in [4.69, 9.17) is 29.0 Å². The second-order valence-corrected chi connectivity index (χ2v) is 4.54. The molecular weight excluding hydrogens is 269 g/mol. The van der Waals surface area contributed by atoms with E-state index in [0.29, 0.717) is 26.0 Å². The van der Waals surface area contributed by atoms with Crippen molar-refractivity contribution in [2.75, 3.05) is 5.43 Å². The lowest BCUT2D eigenvalue weighted by molar-refractivity contribution is 1.04. The number of nitrogen functional groups attached to an aromatic ring is 1. The Kier molecular flexibility index (Phi) is 3.55. The van der Waals surface area contributed by atoms with E-state index in [9.17, 15) is 0 Å². The summed E-state index contributed by atoms with van der Waals surface area (Å²) in [5.41, 5.74) is 2.40. The number of hydrazine groups is 1. The summed E-state index contributed by atoms with van der Waals surface area (Å²) in [5, 5.41) is 2.09. The highest BCUT2D eigenvalue weighted by atomic mass is 35.5. The van der Waals surface area contributed by atoms with Crippen molar-refractivity contribution in [3.8, 4) is 0 Å². The van der Waals surface area contributed by atoms with Crippen LogP contribution in [0.1, 0.15) is 0 Å². The predicted molar refractivity (Wildman–Crippen MR) is 64.8 cm³/mol. The largest absolute Gasteiger partial charge is 0.339 e. The van der Waals surface area contributed by atoms with E-state index in [-0.39, 0.29) is 0 Å². The average Bonchev–Trinajstić information content (AvgIpc) is 2.75. The average molecular weight is 276 g/mol. The van der Waals surface area contributed by atoms with Crippen LogP contribution in [-0.2, 0) is 0 Å². The second-order valence-electron chi connectivity index (χ2n) is 2.75. The minimum Gasteiger partial charge on any atom is -0.339 e. The molecule has 0 aromatic carbocycles. The van der Waals surface area contributed by atoms with Gasteiger partial charge in [0.1, 0.15) is 5.03 Å². The van der Waals surface area contributed by atoms with E-state index in [0.717, 1.165) is 0 Å². The minimum absolute atomic E-state index is 0.372. The normalized spacial score (nSPS) is 10.4. The highest BCUT2D eigenvalue weighted by molar-refractivity contribution is 7.99. The molecule has 0 aliphatic carbocycles. The zero-order valence-corrected chi connectivity index (χ0v) is 10.2. The van der Waals surface area contributed by atoms with Gasteiger partial charge >= 0.3 is 0 Å². The first-order chi connectivity index (χ1) is 7.70. The molecule has 0 saturated carbocycles. The molecule has 84 valence electrons. The van der Waals surface area contributed by atoms with Gasteiger partial charge in [-0.25, -0.2) is 15.8 Å². The van der Waals surface area contributed by atoms with Gasteiger partial charge in [0.25, 0.3) is 0 Å². The molecule has 0 amide bonds. The van der Waals surface area contributed by atoms with Gasteiger partial charge in [0.2, 0.25) is 0 Å². The maximum atomic E-state index is 6.00. The molecule has 0 aliphatic rings. The first-order valence-corrected chi connectivity index (χ1v) is 5.78. The maximum absolute atomic E-state index is 6.00. The molecule has 0 unspecified atom stereocenters. The highest BCUT2D eigenvalue weighted by Crippen LogP contribution is 2.33. The molecule has 0 saturated heterocycles. The number of aromatic amines is 1. The van der Waals surface area contributed by atoms with E-state index in [1.54, 1.807) is 18.5 Å². The van der Waals surface area contributed by atoms with Gasteiger partial charge in [-0.3, -0.25) is 0 Å².